The first-order valence-electron chi connectivity index (χ1n) is 10.6. The molecule has 4 rings (SSSR count). The van der Waals surface area contributed by atoms with Gasteiger partial charge in [-0.3, -0.25) is 14.5 Å². The van der Waals surface area contributed by atoms with Crippen molar-refractivity contribution in [3.8, 4) is 5.75 Å². The normalized spacial score (nSPS) is 18.9. The second-order valence-electron chi connectivity index (χ2n) is 7.56. The van der Waals surface area contributed by atoms with Crippen molar-refractivity contribution < 1.29 is 33.5 Å². The summed E-state index contributed by atoms with van der Waals surface area (Å²) >= 11 is 0. The fourth-order valence-electron chi connectivity index (χ4n) is 4.00. The molecule has 3 amide bonds. The van der Waals surface area contributed by atoms with Crippen LogP contribution in [-0.4, -0.2) is 62.7 Å². The van der Waals surface area contributed by atoms with Crippen LogP contribution in [0.4, 0.5) is 4.79 Å². The van der Waals surface area contributed by atoms with Crippen molar-refractivity contribution in [3.63, 3.8) is 0 Å². The Kier molecular flexibility index (Phi) is 7.40. The summed E-state index contributed by atoms with van der Waals surface area (Å²) in [6, 6.07) is 13.3. The van der Waals surface area contributed by atoms with E-state index in [1.54, 1.807) is 19.2 Å². The third-order valence-electron chi connectivity index (χ3n) is 5.52. The van der Waals surface area contributed by atoms with Gasteiger partial charge in [-0.1, -0.05) is 36.4 Å². The lowest BCUT2D eigenvalue weighted by Crippen LogP contribution is -2.43. The molecule has 2 bridgehead atoms. The number of hydrogen-bond donors (Lipinski definition) is 1. The molecule has 2 aliphatic heterocycles. The summed E-state index contributed by atoms with van der Waals surface area (Å²) < 4.78 is 16.0. The number of benzene rings is 2. The average Bonchev–Trinajstić information content (AvgIpc) is 3.11. The highest BCUT2D eigenvalue weighted by Crippen LogP contribution is 2.45. The van der Waals surface area contributed by atoms with Crippen LogP contribution in [0.1, 0.15) is 28.8 Å². The first-order valence-corrected chi connectivity index (χ1v) is 10.6. The number of hydroxylamine groups is 3. The number of amides is 3. The minimum absolute atomic E-state index is 0.0552. The Morgan fingerprint density at radius 3 is 2.67 bits per heavy atom. The lowest BCUT2D eigenvalue weighted by Gasteiger charge is -2.31. The molecule has 2 atom stereocenters. The summed E-state index contributed by atoms with van der Waals surface area (Å²) in [7, 11) is 2.95. The highest BCUT2D eigenvalue weighted by atomic mass is 16.7. The van der Waals surface area contributed by atoms with Crippen molar-refractivity contribution in [2.75, 3.05) is 40.8 Å². The van der Waals surface area contributed by atoms with E-state index in [1.807, 2.05) is 36.4 Å². The zero-order valence-corrected chi connectivity index (χ0v) is 18.6. The second kappa shape index (κ2) is 10.6. The van der Waals surface area contributed by atoms with E-state index >= 15 is 0 Å². The molecule has 176 valence electrons. The van der Waals surface area contributed by atoms with Crippen molar-refractivity contribution >= 4 is 11.9 Å². The van der Waals surface area contributed by atoms with Crippen molar-refractivity contribution in [2.24, 2.45) is 0 Å². The number of nitrogens with one attached hydrogen (secondary N) is 1. The molecule has 2 aliphatic rings. The van der Waals surface area contributed by atoms with E-state index in [9.17, 15) is 9.59 Å². The molecule has 0 saturated carbocycles. The van der Waals surface area contributed by atoms with Gasteiger partial charge in [0.1, 0.15) is 24.4 Å². The minimum Gasteiger partial charge on any atom is -0.468 e. The van der Waals surface area contributed by atoms with Crippen LogP contribution in [0.5, 0.6) is 5.75 Å². The van der Waals surface area contributed by atoms with Gasteiger partial charge in [-0.15, -0.1) is 0 Å². The van der Waals surface area contributed by atoms with Gasteiger partial charge in [0.2, 0.25) is 0 Å². The summed E-state index contributed by atoms with van der Waals surface area (Å²) in [5.74, 6) is 0.125. The van der Waals surface area contributed by atoms with E-state index in [2.05, 4.69) is 5.48 Å². The molecule has 2 aromatic carbocycles. The predicted molar refractivity (Wildman–Crippen MR) is 116 cm³/mol. The number of carbonyl (C=O) groups is 2. The molecule has 0 aromatic heterocycles. The SMILES string of the molecule is COCCOCOc1ccc2c(c1)C1CN(C(=O)N1OCc1ccccc1)C2C(=O)NOC. The molecule has 0 radical (unpaired) electrons. The fourth-order valence-corrected chi connectivity index (χ4v) is 4.00. The summed E-state index contributed by atoms with van der Waals surface area (Å²) in [5, 5.41) is 1.34. The van der Waals surface area contributed by atoms with Gasteiger partial charge in [0.05, 0.1) is 26.9 Å². The average molecular weight is 457 g/mol. The van der Waals surface area contributed by atoms with Crippen LogP contribution in [0, 0.1) is 0 Å². The van der Waals surface area contributed by atoms with Crippen LogP contribution in [-0.2, 0) is 30.6 Å². The summed E-state index contributed by atoms with van der Waals surface area (Å²) in [6.45, 7) is 1.46. The van der Waals surface area contributed by atoms with Crippen molar-refractivity contribution in [1.29, 1.82) is 0 Å². The smallest absolute Gasteiger partial charge is 0.345 e. The molecule has 10 nitrogen and oxygen atoms in total. The maximum absolute atomic E-state index is 13.2. The van der Waals surface area contributed by atoms with Gasteiger partial charge in [-0.2, -0.15) is 5.06 Å². The standard InChI is InChI=1S/C23H27N3O7/c1-29-10-11-31-15-32-17-8-9-18-19(12-17)20-13-25(21(18)22(27)24-30-2)23(28)26(20)33-14-16-6-4-3-5-7-16/h3-9,12,20-21H,10-11,13-15H2,1-2H3,(H,24,27). The van der Waals surface area contributed by atoms with E-state index in [0.29, 0.717) is 31.1 Å². The first kappa shape index (κ1) is 23.0. The highest BCUT2D eigenvalue weighted by Gasteiger charge is 2.51. The third kappa shape index (κ3) is 4.93. The van der Waals surface area contributed by atoms with Gasteiger partial charge < -0.3 is 19.1 Å². The number of urea groups is 1. The molecule has 2 aromatic rings. The van der Waals surface area contributed by atoms with Gasteiger partial charge >= 0.3 is 6.03 Å². The molecule has 0 spiro atoms. The number of ether oxygens (including phenoxy) is 3. The Morgan fingerprint density at radius 1 is 1.09 bits per heavy atom. The Labute approximate surface area is 191 Å². The van der Waals surface area contributed by atoms with Gasteiger partial charge in [-0.05, 0) is 28.8 Å². The maximum Gasteiger partial charge on any atom is 0.345 e. The Morgan fingerprint density at radius 2 is 1.91 bits per heavy atom. The molecule has 1 fully saturated rings. The molecule has 33 heavy (non-hydrogen) atoms. The lowest BCUT2D eigenvalue weighted by molar-refractivity contribution is -0.141. The summed E-state index contributed by atoms with van der Waals surface area (Å²) in [4.78, 5) is 38.2. The van der Waals surface area contributed by atoms with E-state index in [-0.39, 0.29) is 25.5 Å². The molecule has 10 heteroatoms. The number of methoxy groups -OCH3 is 1. The van der Waals surface area contributed by atoms with Crippen LogP contribution in [0.2, 0.25) is 0 Å². The van der Waals surface area contributed by atoms with Gasteiger partial charge in [0.25, 0.3) is 5.91 Å². The van der Waals surface area contributed by atoms with Crippen LogP contribution in [0.25, 0.3) is 0 Å². The molecule has 0 aliphatic carbocycles. The topological polar surface area (TPSA) is 98.8 Å². The molecule has 1 N–H and O–H groups in total. The summed E-state index contributed by atoms with van der Waals surface area (Å²) in [5.41, 5.74) is 4.74. The Balaban J connectivity index is 1.57. The van der Waals surface area contributed by atoms with Crippen LogP contribution in [0.3, 0.4) is 0 Å². The Hall–Kier alpha value is -3.18. The monoisotopic (exact) mass is 457 g/mol. The summed E-state index contributed by atoms with van der Waals surface area (Å²) in [6.07, 6.45) is 0. The highest BCUT2D eigenvalue weighted by molar-refractivity contribution is 5.90. The molecule has 2 unspecified atom stereocenters. The molecular weight excluding hydrogens is 430 g/mol. The quantitative estimate of drug-likeness (QED) is 0.314. The van der Waals surface area contributed by atoms with Gasteiger partial charge in [0.15, 0.2) is 6.79 Å². The first-order chi connectivity index (χ1) is 16.1. The van der Waals surface area contributed by atoms with E-state index < -0.39 is 11.9 Å². The van der Waals surface area contributed by atoms with Crippen LogP contribution in [0.15, 0.2) is 48.5 Å². The zero-order valence-electron chi connectivity index (χ0n) is 18.6. The van der Waals surface area contributed by atoms with E-state index in [4.69, 9.17) is 23.9 Å². The van der Waals surface area contributed by atoms with Crippen molar-refractivity contribution in [2.45, 2.75) is 18.7 Å². The van der Waals surface area contributed by atoms with Crippen molar-refractivity contribution in [1.82, 2.24) is 15.4 Å². The lowest BCUT2D eigenvalue weighted by atomic mass is 9.90. The number of carbonyl (C=O) groups excluding carboxylic acids is 2. The number of fused-ring (bicyclic) bond motifs is 4. The second-order valence-corrected chi connectivity index (χ2v) is 7.56. The predicted octanol–water partition coefficient (Wildman–Crippen LogP) is 2.33. The van der Waals surface area contributed by atoms with E-state index in [0.717, 1.165) is 11.1 Å². The van der Waals surface area contributed by atoms with Gasteiger partial charge in [0, 0.05) is 7.11 Å². The number of hydrogen-bond acceptors (Lipinski definition) is 7. The van der Waals surface area contributed by atoms with Crippen LogP contribution >= 0.6 is 0 Å². The molecule has 1 saturated heterocycles. The van der Waals surface area contributed by atoms with E-state index in [1.165, 1.54) is 17.1 Å². The van der Waals surface area contributed by atoms with Crippen LogP contribution < -0.4 is 10.2 Å². The third-order valence-corrected chi connectivity index (χ3v) is 5.52. The fraction of sp³-hybridized carbons (Fsp3) is 0.391. The maximum atomic E-state index is 13.2. The zero-order chi connectivity index (χ0) is 23.2. The number of nitrogens with zero attached hydrogens (tertiary/aromatic N) is 2. The molecular formula is C23H27N3O7. The minimum atomic E-state index is -0.846. The number of rotatable bonds is 11. The Bertz CT molecular complexity index is 972. The van der Waals surface area contributed by atoms with Gasteiger partial charge in [-0.25, -0.2) is 10.3 Å². The largest absolute Gasteiger partial charge is 0.468 e. The van der Waals surface area contributed by atoms with Crippen molar-refractivity contribution in [3.05, 3.63) is 65.2 Å². The molecule has 2 heterocycles.